The molecule has 0 amide bonds. The summed E-state index contributed by atoms with van der Waals surface area (Å²) in [4.78, 5) is 8.17. The molecular weight excluding hydrogens is 124 g/mol. The Hall–Kier alpha value is -0.660. The first kappa shape index (κ1) is 7.45. The molecular formula is C8H14N2. The highest BCUT2D eigenvalue weighted by molar-refractivity contribution is 5.96. The molecule has 0 aromatic heterocycles. The fraction of sp³-hybridized carbons (Fsp3) is 0.750. The predicted octanol–water partition coefficient (Wildman–Crippen LogP) is 1.91. The Kier molecular flexibility index (Phi) is 1.88. The van der Waals surface area contributed by atoms with Crippen molar-refractivity contribution in [3.05, 3.63) is 0 Å². The van der Waals surface area contributed by atoms with Gasteiger partial charge in [0.15, 0.2) is 0 Å². The Morgan fingerprint density at radius 1 is 1.50 bits per heavy atom. The molecule has 0 spiro atoms. The van der Waals surface area contributed by atoms with E-state index in [1.165, 1.54) is 5.71 Å². The summed E-state index contributed by atoms with van der Waals surface area (Å²) in [5.74, 6) is 0. The van der Waals surface area contributed by atoms with Crippen LogP contribution in [0.25, 0.3) is 0 Å². The fourth-order valence-electron chi connectivity index (χ4n) is 1.02. The van der Waals surface area contributed by atoms with Crippen molar-refractivity contribution in [3.8, 4) is 0 Å². The first-order valence-corrected chi connectivity index (χ1v) is 3.62. The van der Waals surface area contributed by atoms with E-state index >= 15 is 0 Å². The van der Waals surface area contributed by atoms with E-state index in [0.29, 0.717) is 5.41 Å². The van der Waals surface area contributed by atoms with E-state index in [9.17, 15) is 0 Å². The summed E-state index contributed by atoms with van der Waals surface area (Å²) in [6, 6.07) is 0. The Morgan fingerprint density at radius 2 is 2.20 bits per heavy atom. The normalized spacial score (nSPS) is 17.7. The lowest BCUT2D eigenvalue weighted by atomic mass is 9.90. The second-order valence-corrected chi connectivity index (χ2v) is 3.89. The molecule has 2 nitrogen and oxygen atoms in total. The molecule has 0 saturated heterocycles. The van der Waals surface area contributed by atoms with Crippen molar-refractivity contribution < 1.29 is 0 Å². The molecule has 1 rings (SSSR count). The smallest absolute Gasteiger partial charge is 0.110 e. The summed E-state index contributed by atoms with van der Waals surface area (Å²) < 4.78 is 0. The van der Waals surface area contributed by atoms with Crippen LogP contribution in [-0.4, -0.2) is 18.6 Å². The molecule has 0 radical (unpaired) electrons. The summed E-state index contributed by atoms with van der Waals surface area (Å²) in [5.41, 5.74) is 1.57. The molecule has 56 valence electrons. The van der Waals surface area contributed by atoms with Gasteiger partial charge in [0.25, 0.3) is 0 Å². The standard InChI is InChI=1S/C8H14N2/c1-8(2,3)4-7-5-9-6-10-7/h6H,4-5H2,1-3H3. The van der Waals surface area contributed by atoms with Crippen LogP contribution in [0.5, 0.6) is 0 Å². The quantitative estimate of drug-likeness (QED) is 0.528. The van der Waals surface area contributed by atoms with E-state index in [1.807, 2.05) is 0 Å². The van der Waals surface area contributed by atoms with E-state index in [2.05, 4.69) is 30.8 Å². The molecule has 1 aliphatic rings. The Labute approximate surface area is 62.1 Å². The molecule has 0 bridgehead atoms. The average molecular weight is 138 g/mol. The second kappa shape index (κ2) is 2.52. The van der Waals surface area contributed by atoms with Gasteiger partial charge in [-0.05, 0) is 11.8 Å². The van der Waals surface area contributed by atoms with Crippen LogP contribution in [0.3, 0.4) is 0 Å². The minimum Gasteiger partial charge on any atom is -0.267 e. The molecule has 0 saturated carbocycles. The topological polar surface area (TPSA) is 24.7 Å². The Morgan fingerprint density at radius 3 is 2.60 bits per heavy atom. The van der Waals surface area contributed by atoms with Crippen molar-refractivity contribution in [3.63, 3.8) is 0 Å². The zero-order chi connectivity index (χ0) is 7.61. The van der Waals surface area contributed by atoms with Gasteiger partial charge in [-0.3, -0.25) is 4.99 Å². The molecule has 0 fully saturated rings. The number of aliphatic imine (C=N–C) groups is 2. The molecule has 0 N–H and O–H groups in total. The number of hydrogen-bond donors (Lipinski definition) is 0. The monoisotopic (exact) mass is 138 g/mol. The number of rotatable bonds is 1. The van der Waals surface area contributed by atoms with Crippen LogP contribution >= 0.6 is 0 Å². The summed E-state index contributed by atoms with van der Waals surface area (Å²) >= 11 is 0. The first-order valence-electron chi connectivity index (χ1n) is 3.62. The average Bonchev–Trinajstić information content (AvgIpc) is 2.12. The van der Waals surface area contributed by atoms with Crippen LogP contribution in [0.1, 0.15) is 27.2 Å². The van der Waals surface area contributed by atoms with Crippen molar-refractivity contribution in [1.29, 1.82) is 0 Å². The lowest BCUT2D eigenvalue weighted by molar-refractivity contribution is 0.433. The minimum atomic E-state index is 0.354. The van der Waals surface area contributed by atoms with Crippen LogP contribution in [0.2, 0.25) is 0 Å². The highest BCUT2D eigenvalue weighted by atomic mass is 14.9. The summed E-state index contributed by atoms with van der Waals surface area (Å²) in [7, 11) is 0. The summed E-state index contributed by atoms with van der Waals surface area (Å²) in [6.07, 6.45) is 2.72. The molecule has 0 aromatic rings. The summed E-state index contributed by atoms with van der Waals surface area (Å²) in [6.45, 7) is 7.47. The largest absolute Gasteiger partial charge is 0.267 e. The Bertz CT molecular complexity index is 172. The van der Waals surface area contributed by atoms with E-state index in [1.54, 1.807) is 6.34 Å². The van der Waals surface area contributed by atoms with E-state index in [-0.39, 0.29) is 0 Å². The van der Waals surface area contributed by atoms with Gasteiger partial charge < -0.3 is 0 Å². The lowest BCUT2D eigenvalue weighted by Crippen LogP contribution is -2.13. The van der Waals surface area contributed by atoms with E-state index < -0.39 is 0 Å². The van der Waals surface area contributed by atoms with Crippen LogP contribution in [-0.2, 0) is 0 Å². The summed E-state index contributed by atoms with van der Waals surface area (Å²) in [5, 5.41) is 0. The van der Waals surface area contributed by atoms with Gasteiger partial charge in [0.2, 0.25) is 0 Å². The predicted molar refractivity (Wildman–Crippen MR) is 44.9 cm³/mol. The maximum absolute atomic E-state index is 4.15. The van der Waals surface area contributed by atoms with Crippen molar-refractivity contribution in [1.82, 2.24) is 0 Å². The number of hydrogen-bond acceptors (Lipinski definition) is 2. The molecule has 1 aliphatic heterocycles. The third-order valence-electron chi connectivity index (χ3n) is 1.33. The second-order valence-electron chi connectivity index (χ2n) is 3.89. The third kappa shape index (κ3) is 2.29. The highest BCUT2D eigenvalue weighted by Crippen LogP contribution is 2.19. The van der Waals surface area contributed by atoms with Crippen molar-refractivity contribution in [2.45, 2.75) is 27.2 Å². The molecule has 0 aromatic carbocycles. The van der Waals surface area contributed by atoms with Gasteiger partial charge >= 0.3 is 0 Å². The van der Waals surface area contributed by atoms with Crippen molar-refractivity contribution >= 4 is 12.1 Å². The molecule has 0 unspecified atom stereocenters. The van der Waals surface area contributed by atoms with Crippen LogP contribution in [0.15, 0.2) is 9.98 Å². The van der Waals surface area contributed by atoms with Gasteiger partial charge in [-0.15, -0.1) is 0 Å². The number of nitrogens with zero attached hydrogens (tertiary/aromatic N) is 2. The van der Waals surface area contributed by atoms with Crippen molar-refractivity contribution in [2.75, 3.05) is 6.54 Å². The minimum absolute atomic E-state index is 0.354. The molecule has 10 heavy (non-hydrogen) atoms. The van der Waals surface area contributed by atoms with Crippen LogP contribution in [0.4, 0.5) is 0 Å². The van der Waals surface area contributed by atoms with Gasteiger partial charge in [0, 0.05) is 5.71 Å². The van der Waals surface area contributed by atoms with Crippen LogP contribution in [0, 0.1) is 5.41 Å². The lowest BCUT2D eigenvalue weighted by Gasteiger charge is -2.16. The zero-order valence-corrected chi connectivity index (χ0v) is 6.89. The highest BCUT2D eigenvalue weighted by Gasteiger charge is 2.14. The first-order chi connectivity index (χ1) is 4.58. The molecule has 0 aliphatic carbocycles. The zero-order valence-electron chi connectivity index (χ0n) is 6.89. The molecule has 2 heteroatoms. The van der Waals surface area contributed by atoms with Crippen LogP contribution < -0.4 is 0 Å². The maximum Gasteiger partial charge on any atom is 0.110 e. The third-order valence-corrected chi connectivity index (χ3v) is 1.33. The van der Waals surface area contributed by atoms with Gasteiger partial charge in [0.05, 0.1) is 6.54 Å². The maximum atomic E-state index is 4.15. The van der Waals surface area contributed by atoms with E-state index in [4.69, 9.17) is 0 Å². The van der Waals surface area contributed by atoms with Gasteiger partial charge in [-0.25, -0.2) is 4.99 Å². The van der Waals surface area contributed by atoms with Gasteiger partial charge in [-0.1, -0.05) is 20.8 Å². The Balaban J connectivity index is 2.41. The van der Waals surface area contributed by atoms with E-state index in [0.717, 1.165) is 13.0 Å². The van der Waals surface area contributed by atoms with Gasteiger partial charge in [0.1, 0.15) is 6.34 Å². The van der Waals surface area contributed by atoms with Crippen molar-refractivity contribution in [2.24, 2.45) is 15.4 Å². The fourth-order valence-corrected chi connectivity index (χ4v) is 1.02. The SMILES string of the molecule is CC(C)(C)CC1=NC=NC1. The molecule has 0 atom stereocenters. The molecule has 1 heterocycles. The van der Waals surface area contributed by atoms with Gasteiger partial charge in [-0.2, -0.15) is 0 Å².